The number of benzene rings is 1. The molecule has 2 aromatic heterocycles. The molecule has 124 valence electrons. The highest BCUT2D eigenvalue weighted by atomic mass is 16.1. The molecule has 6 heteroatoms. The second-order valence-electron chi connectivity index (χ2n) is 5.40. The van der Waals surface area contributed by atoms with Gasteiger partial charge in [-0.3, -0.25) is 4.79 Å². The summed E-state index contributed by atoms with van der Waals surface area (Å²) in [7, 11) is 0. The summed E-state index contributed by atoms with van der Waals surface area (Å²) in [5, 5.41) is 10.3. The highest BCUT2D eigenvalue weighted by molar-refractivity contribution is 5.93. The molecule has 0 spiro atoms. The number of aromatic amines is 1. The van der Waals surface area contributed by atoms with Gasteiger partial charge in [0.25, 0.3) is 5.91 Å². The molecule has 0 aliphatic rings. The largest absolute Gasteiger partial charge is 0.339 e. The lowest BCUT2D eigenvalue weighted by Gasteiger charge is -2.04. The quantitative estimate of drug-likeness (QED) is 0.701. The van der Waals surface area contributed by atoms with E-state index in [0.29, 0.717) is 11.5 Å². The Kier molecular flexibility index (Phi) is 4.80. The summed E-state index contributed by atoms with van der Waals surface area (Å²) < 4.78 is 0. The Hall–Kier alpha value is -3.54. The highest BCUT2D eigenvalue weighted by Crippen LogP contribution is 2.28. The van der Waals surface area contributed by atoms with E-state index >= 15 is 0 Å². The number of hydrogen-bond acceptors (Lipinski definition) is 4. The van der Waals surface area contributed by atoms with Crippen molar-refractivity contribution in [2.45, 2.75) is 6.92 Å². The standard InChI is InChI=1S/C19H17N5O/c1-13(22-19(25)16-9-6-10-21-24-16)11-15-12-17(23-18(15)20-2)14-7-4-3-5-8-14/h3-12,23H,2H2,1H3,(H,22,25)/b13-11+. The molecule has 0 radical (unpaired) electrons. The predicted octanol–water partition coefficient (Wildman–Crippen LogP) is 3.59. The molecule has 2 heterocycles. The molecule has 0 aliphatic carbocycles. The molecule has 0 unspecified atom stereocenters. The van der Waals surface area contributed by atoms with Gasteiger partial charge in [0.2, 0.25) is 0 Å². The summed E-state index contributed by atoms with van der Waals surface area (Å²) in [6.45, 7) is 5.40. The van der Waals surface area contributed by atoms with Crippen molar-refractivity contribution in [3.63, 3.8) is 0 Å². The maximum Gasteiger partial charge on any atom is 0.275 e. The Morgan fingerprint density at radius 3 is 2.72 bits per heavy atom. The van der Waals surface area contributed by atoms with Gasteiger partial charge < -0.3 is 10.3 Å². The van der Waals surface area contributed by atoms with Crippen LogP contribution in [0.3, 0.4) is 0 Å². The maximum absolute atomic E-state index is 12.1. The molecular formula is C19H17N5O. The first kappa shape index (κ1) is 16.3. The van der Waals surface area contributed by atoms with E-state index < -0.39 is 0 Å². The first-order valence-corrected chi connectivity index (χ1v) is 7.70. The van der Waals surface area contributed by atoms with E-state index in [-0.39, 0.29) is 11.6 Å². The molecule has 1 amide bonds. The van der Waals surface area contributed by atoms with E-state index in [0.717, 1.165) is 16.8 Å². The number of amides is 1. The van der Waals surface area contributed by atoms with Gasteiger partial charge in [0.05, 0.1) is 0 Å². The summed E-state index contributed by atoms with van der Waals surface area (Å²) >= 11 is 0. The molecule has 0 aliphatic heterocycles. The average molecular weight is 331 g/mol. The van der Waals surface area contributed by atoms with Gasteiger partial charge in [0.1, 0.15) is 5.82 Å². The van der Waals surface area contributed by atoms with Gasteiger partial charge in [0.15, 0.2) is 5.69 Å². The van der Waals surface area contributed by atoms with Crippen LogP contribution in [0.2, 0.25) is 0 Å². The van der Waals surface area contributed by atoms with Crippen LogP contribution in [0.15, 0.2) is 65.4 Å². The van der Waals surface area contributed by atoms with Gasteiger partial charge in [-0.1, -0.05) is 30.3 Å². The molecule has 6 nitrogen and oxygen atoms in total. The fourth-order valence-corrected chi connectivity index (χ4v) is 2.41. The van der Waals surface area contributed by atoms with E-state index in [9.17, 15) is 4.79 Å². The minimum Gasteiger partial charge on any atom is -0.339 e. The second kappa shape index (κ2) is 7.35. The Morgan fingerprint density at radius 2 is 2.04 bits per heavy atom. The summed E-state index contributed by atoms with van der Waals surface area (Å²) in [6, 6.07) is 15.2. The molecule has 25 heavy (non-hydrogen) atoms. The van der Waals surface area contributed by atoms with Crippen LogP contribution in [0, 0.1) is 0 Å². The first-order valence-electron chi connectivity index (χ1n) is 7.70. The highest BCUT2D eigenvalue weighted by Gasteiger charge is 2.10. The van der Waals surface area contributed by atoms with Crippen LogP contribution >= 0.6 is 0 Å². The number of rotatable bonds is 5. The normalized spacial score (nSPS) is 11.2. The molecule has 0 saturated heterocycles. The lowest BCUT2D eigenvalue weighted by atomic mass is 10.1. The number of aliphatic imine (C=N–C) groups is 1. The fourth-order valence-electron chi connectivity index (χ4n) is 2.41. The SMILES string of the molecule is C=Nc1[nH]c(-c2ccccc2)cc1/C=C(\C)NC(=O)c1cccnn1. The van der Waals surface area contributed by atoms with Crippen LogP contribution in [0.25, 0.3) is 17.3 Å². The molecule has 2 N–H and O–H groups in total. The van der Waals surface area contributed by atoms with Crippen molar-refractivity contribution >= 4 is 24.5 Å². The van der Waals surface area contributed by atoms with E-state index in [1.54, 1.807) is 19.1 Å². The molecular weight excluding hydrogens is 314 g/mol. The van der Waals surface area contributed by atoms with Crippen molar-refractivity contribution in [2.75, 3.05) is 0 Å². The summed E-state index contributed by atoms with van der Waals surface area (Å²) in [6.07, 6.45) is 3.35. The molecule has 3 aromatic rings. The van der Waals surface area contributed by atoms with Crippen LogP contribution in [0.4, 0.5) is 5.82 Å². The van der Waals surface area contributed by atoms with Crippen molar-refractivity contribution in [1.82, 2.24) is 20.5 Å². The summed E-state index contributed by atoms with van der Waals surface area (Å²) in [5.41, 5.74) is 3.75. The van der Waals surface area contributed by atoms with Gasteiger partial charge in [-0.2, -0.15) is 5.10 Å². The topological polar surface area (TPSA) is 83.0 Å². The third kappa shape index (κ3) is 3.87. The Morgan fingerprint density at radius 1 is 1.24 bits per heavy atom. The van der Waals surface area contributed by atoms with Crippen molar-refractivity contribution in [3.8, 4) is 11.3 Å². The van der Waals surface area contributed by atoms with E-state index in [2.05, 4.69) is 32.2 Å². The van der Waals surface area contributed by atoms with Crippen molar-refractivity contribution in [2.24, 2.45) is 4.99 Å². The van der Waals surface area contributed by atoms with E-state index in [1.165, 1.54) is 6.20 Å². The van der Waals surface area contributed by atoms with Crippen LogP contribution in [0.5, 0.6) is 0 Å². The number of hydrogen-bond donors (Lipinski definition) is 2. The number of nitrogens with zero attached hydrogens (tertiary/aromatic N) is 3. The fraction of sp³-hybridized carbons (Fsp3) is 0.0526. The molecule has 3 rings (SSSR count). The lowest BCUT2D eigenvalue weighted by molar-refractivity contribution is 0.0960. The summed E-state index contributed by atoms with van der Waals surface area (Å²) in [4.78, 5) is 19.4. The van der Waals surface area contributed by atoms with Gasteiger partial charge in [0, 0.05) is 23.2 Å². The minimum absolute atomic E-state index is 0.261. The summed E-state index contributed by atoms with van der Waals surface area (Å²) in [5.74, 6) is 0.334. The van der Waals surface area contributed by atoms with Gasteiger partial charge in [-0.25, -0.2) is 4.99 Å². The average Bonchev–Trinajstić information content (AvgIpc) is 3.06. The van der Waals surface area contributed by atoms with Crippen LogP contribution < -0.4 is 5.32 Å². The zero-order valence-corrected chi connectivity index (χ0v) is 13.7. The second-order valence-corrected chi connectivity index (χ2v) is 5.40. The molecule has 0 atom stereocenters. The molecule has 1 aromatic carbocycles. The minimum atomic E-state index is -0.311. The number of carbonyl (C=O) groups excluding carboxylic acids is 1. The first-order chi connectivity index (χ1) is 12.2. The van der Waals surface area contributed by atoms with Crippen LogP contribution in [-0.4, -0.2) is 27.8 Å². The molecule has 0 fully saturated rings. The smallest absolute Gasteiger partial charge is 0.275 e. The maximum atomic E-state index is 12.1. The van der Waals surface area contributed by atoms with E-state index in [4.69, 9.17) is 0 Å². The van der Waals surface area contributed by atoms with Crippen molar-refractivity contribution in [3.05, 3.63) is 71.7 Å². The third-order valence-electron chi connectivity index (χ3n) is 3.56. The zero-order valence-electron chi connectivity index (χ0n) is 13.7. The Labute approximate surface area is 145 Å². The third-order valence-corrected chi connectivity index (χ3v) is 3.56. The monoisotopic (exact) mass is 331 g/mol. The van der Waals surface area contributed by atoms with Crippen molar-refractivity contribution in [1.29, 1.82) is 0 Å². The van der Waals surface area contributed by atoms with Crippen molar-refractivity contribution < 1.29 is 4.79 Å². The Balaban J connectivity index is 1.83. The Bertz CT molecular complexity index is 914. The number of aromatic nitrogens is 3. The number of carbonyl (C=O) groups is 1. The van der Waals surface area contributed by atoms with Gasteiger partial charge in [-0.15, -0.1) is 5.10 Å². The molecule has 0 saturated carbocycles. The molecule has 0 bridgehead atoms. The number of nitrogens with one attached hydrogen (secondary N) is 2. The van der Waals surface area contributed by atoms with Crippen LogP contribution in [0.1, 0.15) is 23.0 Å². The lowest BCUT2D eigenvalue weighted by Crippen LogP contribution is -2.22. The van der Waals surface area contributed by atoms with E-state index in [1.807, 2.05) is 42.5 Å². The number of allylic oxidation sites excluding steroid dienone is 1. The zero-order chi connectivity index (χ0) is 17.6. The predicted molar refractivity (Wildman–Crippen MR) is 98.6 cm³/mol. The van der Waals surface area contributed by atoms with Crippen LogP contribution in [-0.2, 0) is 0 Å². The van der Waals surface area contributed by atoms with Gasteiger partial charge in [-0.05, 0) is 43.5 Å². The number of H-pyrrole nitrogens is 1. The van der Waals surface area contributed by atoms with Gasteiger partial charge >= 0.3 is 0 Å².